The van der Waals surface area contributed by atoms with Crippen molar-refractivity contribution in [1.82, 2.24) is 4.98 Å². The van der Waals surface area contributed by atoms with E-state index in [4.69, 9.17) is 0 Å². The standard InChI is InChI=1S/C13H12BrNO/c14-11-5-3-4-10(8-11)9-13(16)12-6-1-2-7-15-12/h1-8,13,16H,9H2. The number of pyridine rings is 1. The smallest absolute Gasteiger partial charge is 0.0999 e. The Labute approximate surface area is 103 Å². The third-order valence-corrected chi connectivity index (χ3v) is 2.84. The van der Waals surface area contributed by atoms with E-state index in [2.05, 4.69) is 20.9 Å². The van der Waals surface area contributed by atoms with Crippen LogP contribution < -0.4 is 0 Å². The van der Waals surface area contributed by atoms with Crippen molar-refractivity contribution in [3.05, 3.63) is 64.4 Å². The SMILES string of the molecule is OC(Cc1cccc(Br)c1)c1ccccn1. The maximum Gasteiger partial charge on any atom is 0.0999 e. The largest absolute Gasteiger partial charge is 0.386 e. The highest BCUT2D eigenvalue weighted by atomic mass is 79.9. The van der Waals surface area contributed by atoms with Crippen LogP contribution in [0.4, 0.5) is 0 Å². The molecule has 82 valence electrons. The zero-order chi connectivity index (χ0) is 11.4. The molecule has 2 nitrogen and oxygen atoms in total. The molecule has 16 heavy (non-hydrogen) atoms. The minimum absolute atomic E-state index is 0.546. The molecule has 0 saturated heterocycles. The van der Waals surface area contributed by atoms with E-state index >= 15 is 0 Å². The highest BCUT2D eigenvalue weighted by Gasteiger charge is 2.09. The van der Waals surface area contributed by atoms with E-state index in [1.807, 2.05) is 42.5 Å². The molecule has 0 amide bonds. The normalized spacial score (nSPS) is 12.4. The van der Waals surface area contributed by atoms with Crippen molar-refractivity contribution in [3.63, 3.8) is 0 Å². The molecule has 0 fully saturated rings. The van der Waals surface area contributed by atoms with Crippen LogP contribution in [0, 0.1) is 0 Å². The molecule has 0 radical (unpaired) electrons. The highest BCUT2D eigenvalue weighted by molar-refractivity contribution is 9.10. The van der Waals surface area contributed by atoms with Gasteiger partial charge in [-0.05, 0) is 29.8 Å². The van der Waals surface area contributed by atoms with Gasteiger partial charge in [-0.2, -0.15) is 0 Å². The van der Waals surface area contributed by atoms with E-state index in [1.165, 1.54) is 0 Å². The van der Waals surface area contributed by atoms with Crippen LogP contribution >= 0.6 is 15.9 Å². The summed E-state index contributed by atoms with van der Waals surface area (Å²) in [5, 5.41) is 9.99. The van der Waals surface area contributed by atoms with Crippen molar-refractivity contribution >= 4 is 15.9 Å². The fourth-order valence-electron chi connectivity index (χ4n) is 1.56. The quantitative estimate of drug-likeness (QED) is 0.935. The van der Waals surface area contributed by atoms with Gasteiger partial charge in [-0.1, -0.05) is 34.1 Å². The van der Waals surface area contributed by atoms with Gasteiger partial charge in [-0.3, -0.25) is 4.98 Å². The van der Waals surface area contributed by atoms with E-state index in [9.17, 15) is 5.11 Å². The summed E-state index contributed by atoms with van der Waals surface area (Å²) in [6, 6.07) is 13.5. The van der Waals surface area contributed by atoms with Crippen LogP contribution in [0.1, 0.15) is 17.4 Å². The lowest BCUT2D eigenvalue weighted by Crippen LogP contribution is -2.03. The van der Waals surface area contributed by atoms with Gasteiger partial charge < -0.3 is 5.11 Å². The number of hydrogen-bond donors (Lipinski definition) is 1. The maximum absolute atomic E-state index is 9.99. The summed E-state index contributed by atoms with van der Waals surface area (Å²) in [6.07, 6.45) is 1.73. The van der Waals surface area contributed by atoms with Crippen molar-refractivity contribution in [2.24, 2.45) is 0 Å². The van der Waals surface area contributed by atoms with E-state index in [0.717, 1.165) is 10.0 Å². The van der Waals surface area contributed by atoms with Crippen LogP contribution in [0.15, 0.2) is 53.1 Å². The fourth-order valence-corrected chi connectivity index (χ4v) is 2.01. The molecule has 0 spiro atoms. The number of hydrogen-bond acceptors (Lipinski definition) is 2. The minimum atomic E-state index is -0.546. The number of aliphatic hydroxyl groups excluding tert-OH is 1. The van der Waals surface area contributed by atoms with Crippen molar-refractivity contribution in [2.75, 3.05) is 0 Å². The van der Waals surface area contributed by atoms with Crippen LogP contribution in [-0.4, -0.2) is 10.1 Å². The molecule has 1 aromatic carbocycles. The molecule has 2 aromatic rings. The summed E-state index contributed by atoms with van der Waals surface area (Å²) in [7, 11) is 0. The summed E-state index contributed by atoms with van der Waals surface area (Å²) in [5.41, 5.74) is 1.80. The second-order valence-electron chi connectivity index (χ2n) is 3.60. The Morgan fingerprint density at radius 1 is 1.19 bits per heavy atom. The van der Waals surface area contributed by atoms with Gasteiger partial charge in [0.25, 0.3) is 0 Å². The number of halogens is 1. The number of nitrogens with zero attached hydrogens (tertiary/aromatic N) is 1. The molecule has 0 saturated carbocycles. The molecule has 0 aliphatic heterocycles. The molecular formula is C13H12BrNO. The van der Waals surface area contributed by atoms with Crippen LogP contribution in [0.2, 0.25) is 0 Å². The third-order valence-electron chi connectivity index (χ3n) is 2.35. The number of aliphatic hydroxyl groups is 1. The van der Waals surface area contributed by atoms with E-state index in [0.29, 0.717) is 12.1 Å². The number of aromatic nitrogens is 1. The van der Waals surface area contributed by atoms with Gasteiger partial charge in [0.15, 0.2) is 0 Å². The summed E-state index contributed by atoms with van der Waals surface area (Å²) >= 11 is 3.41. The molecule has 1 aromatic heterocycles. The van der Waals surface area contributed by atoms with Gasteiger partial charge in [-0.25, -0.2) is 0 Å². The van der Waals surface area contributed by atoms with Gasteiger partial charge in [0.05, 0.1) is 11.8 Å². The van der Waals surface area contributed by atoms with E-state index < -0.39 is 6.10 Å². The van der Waals surface area contributed by atoms with Crippen molar-refractivity contribution in [2.45, 2.75) is 12.5 Å². The Hall–Kier alpha value is -1.19. The molecular weight excluding hydrogens is 266 g/mol. The molecule has 0 aliphatic carbocycles. The molecule has 1 heterocycles. The first-order valence-corrected chi connectivity index (χ1v) is 5.88. The van der Waals surface area contributed by atoms with Gasteiger partial charge in [0.2, 0.25) is 0 Å². The van der Waals surface area contributed by atoms with Crippen LogP contribution in [-0.2, 0) is 6.42 Å². The lowest BCUT2D eigenvalue weighted by molar-refractivity contribution is 0.173. The molecule has 1 atom stereocenters. The summed E-state index contributed by atoms with van der Waals surface area (Å²) in [4.78, 5) is 4.14. The van der Waals surface area contributed by atoms with Crippen molar-refractivity contribution < 1.29 is 5.11 Å². The van der Waals surface area contributed by atoms with E-state index in [-0.39, 0.29) is 0 Å². The van der Waals surface area contributed by atoms with Crippen molar-refractivity contribution in [1.29, 1.82) is 0 Å². The van der Waals surface area contributed by atoms with Crippen LogP contribution in [0.3, 0.4) is 0 Å². The number of rotatable bonds is 3. The highest BCUT2D eigenvalue weighted by Crippen LogP contribution is 2.18. The molecule has 0 aliphatic rings. The number of benzene rings is 1. The van der Waals surface area contributed by atoms with Gasteiger partial charge in [0.1, 0.15) is 0 Å². The molecule has 1 N–H and O–H groups in total. The predicted octanol–water partition coefficient (Wildman–Crippen LogP) is 3.12. The second kappa shape index (κ2) is 5.23. The first-order valence-electron chi connectivity index (χ1n) is 5.09. The van der Waals surface area contributed by atoms with Crippen LogP contribution in [0.25, 0.3) is 0 Å². The molecule has 3 heteroatoms. The zero-order valence-electron chi connectivity index (χ0n) is 8.68. The summed E-state index contributed by atoms with van der Waals surface area (Å²) < 4.78 is 1.03. The maximum atomic E-state index is 9.99. The Morgan fingerprint density at radius 3 is 2.75 bits per heavy atom. The van der Waals surface area contributed by atoms with Gasteiger partial charge >= 0.3 is 0 Å². The molecule has 2 rings (SSSR count). The Kier molecular flexibility index (Phi) is 3.70. The summed E-state index contributed by atoms with van der Waals surface area (Å²) in [6.45, 7) is 0. The van der Waals surface area contributed by atoms with Gasteiger partial charge in [-0.15, -0.1) is 0 Å². The Bertz CT molecular complexity index is 458. The third kappa shape index (κ3) is 2.90. The van der Waals surface area contributed by atoms with Crippen LogP contribution in [0.5, 0.6) is 0 Å². The Balaban J connectivity index is 2.11. The average molecular weight is 278 g/mol. The summed E-state index contributed by atoms with van der Waals surface area (Å²) in [5.74, 6) is 0. The van der Waals surface area contributed by atoms with Gasteiger partial charge in [0, 0.05) is 17.1 Å². The fraction of sp³-hybridized carbons (Fsp3) is 0.154. The van der Waals surface area contributed by atoms with Crippen molar-refractivity contribution in [3.8, 4) is 0 Å². The lowest BCUT2D eigenvalue weighted by atomic mass is 10.1. The molecule has 1 unspecified atom stereocenters. The average Bonchev–Trinajstić information content (AvgIpc) is 2.30. The second-order valence-corrected chi connectivity index (χ2v) is 4.52. The van der Waals surface area contributed by atoms with E-state index in [1.54, 1.807) is 6.20 Å². The first-order chi connectivity index (χ1) is 7.75. The minimum Gasteiger partial charge on any atom is -0.386 e. The zero-order valence-corrected chi connectivity index (χ0v) is 10.3. The Morgan fingerprint density at radius 2 is 2.06 bits per heavy atom. The predicted molar refractivity (Wildman–Crippen MR) is 67.0 cm³/mol. The first kappa shape index (κ1) is 11.3. The molecule has 0 bridgehead atoms. The lowest BCUT2D eigenvalue weighted by Gasteiger charge is -2.09. The topological polar surface area (TPSA) is 33.1 Å². The monoisotopic (exact) mass is 277 g/mol.